The van der Waals surface area contributed by atoms with Crippen LogP contribution >= 0.6 is 0 Å². The minimum Gasteiger partial charge on any atom is -0.494 e. The molecule has 2 nitrogen and oxygen atoms in total. The van der Waals surface area contributed by atoms with Crippen molar-refractivity contribution in [2.24, 2.45) is 0 Å². The average molecular weight is 241 g/mol. The molecular formula is C16H19NO. The van der Waals surface area contributed by atoms with Gasteiger partial charge in [0, 0.05) is 6.54 Å². The summed E-state index contributed by atoms with van der Waals surface area (Å²) in [5, 5.41) is 3.15. The standard InChI is InChI=1S/C16H19NO/c1-3-18-16-10-8-15(9-11-16)14-6-4-13(5-7-14)12-17-2/h4-11,17H,3,12H2,1-2H3. The van der Waals surface area contributed by atoms with Crippen LogP contribution in [0.3, 0.4) is 0 Å². The Morgan fingerprint density at radius 1 is 0.889 bits per heavy atom. The molecule has 2 rings (SSSR count). The lowest BCUT2D eigenvalue weighted by molar-refractivity contribution is 0.340. The zero-order valence-corrected chi connectivity index (χ0v) is 10.9. The topological polar surface area (TPSA) is 21.3 Å². The van der Waals surface area contributed by atoms with Crippen molar-refractivity contribution in [1.82, 2.24) is 5.32 Å². The Kier molecular flexibility index (Phi) is 4.37. The Morgan fingerprint density at radius 3 is 1.94 bits per heavy atom. The molecule has 0 heterocycles. The first-order valence-electron chi connectivity index (χ1n) is 6.30. The van der Waals surface area contributed by atoms with Crippen LogP contribution in [-0.2, 0) is 6.54 Å². The third kappa shape index (κ3) is 3.11. The van der Waals surface area contributed by atoms with Crippen molar-refractivity contribution in [2.75, 3.05) is 13.7 Å². The molecular weight excluding hydrogens is 222 g/mol. The van der Waals surface area contributed by atoms with E-state index in [-0.39, 0.29) is 0 Å². The summed E-state index contributed by atoms with van der Waals surface area (Å²) in [6.07, 6.45) is 0. The van der Waals surface area contributed by atoms with Gasteiger partial charge in [0.1, 0.15) is 5.75 Å². The van der Waals surface area contributed by atoms with Crippen LogP contribution in [0.5, 0.6) is 5.75 Å². The minimum atomic E-state index is 0.706. The van der Waals surface area contributed by atoms with Crippen molar-refractivity contribution in [3.63, 3.8) is 0 Å². The van der Waals surface area contributed by atoms with Gasteiger partial charge in [-0.15, -0.1) is 0 Å². The first-order valence-corrected chi connectivity index (χ1v) is 6.30. The summed E-state index contributed by atoms with van der Waals surface area (Å²) in [6, 6.07) is 16.8. The molecule has 0 saturated heterocycles. The van der Waals surface area contributed by atoms with E-state index < -0.39 is 0 Å². The molecule has 0 aromatic heterocycles. The van der Waals surface area contributed by atoms with Crippen LogP contribution in [0.1, 0.15) is 12.5 Å². The molecule has 0 radical (unpaired) electrons. The summed E-state index contributed by atoms with van der Waals surface area (Å²) < 4.78 is 5.44. The highest BCUT2D eigenvalue weighted by molar-refractivity contribution is 5.64. The van der Waals surface area contributed by atoms with E-state index in [4.69, 9.17) is 4.74 Å². The molecule has 18 heavy (non-hydrogen) atoms. The Morgan fingerprint density at radius 2 is 1.44 bits per heavy atom. The van der Waals surface area contributed by atoms with Gasteiger partial charge < -0.3 is 10.1 Å². The Balaban J connectivity index is 2.15. The van der Waals surface area contributed by atoms with Gasteiger partial charge in [-0.1, -0.05) is 36.4 Å². The van der Waals surface area contributed by atoms with E-state index in [9.17, 15) is 0 Å². The number of ether oxygens (including phenoxy) is 1. The van der Waals surface area contributed by atoms with Gasteiger partial charge in [0.15, 0.2) is 0 Å². The van der Waals surface area contributed by atoms with Crippen molar-refractivity contribution < 1.29 is 4.74 Å². The van der Waals surface area contributed by atoms with E-state index in [1.807, 2.05) is 26.1 Å². The molecule has 0 spiro atoms. The minimum absolute atomic E-state index is 0.706. The molecule has 2 aromatic rings. The molecule has 0 aliphatic rings. The van der Waals surface area contributed by atoms with Gasteiger partial charge in [0.2, 0.25) is 0 Å². The fourth-order valence-corrected chi connectivity index (χ4v) is 1.93. The summed E-state index contributed by atoms with van der Waals surface area (Å²) in [7, 11) is 1.96. The van der Waals surface area contributed by atoms with Gasteiger partial charge >= 0.3 is 0 Å². The van der Waals surface area contributed by atoms with Crippen LogP contribution in [0.25, 0.3) is 11.1 Å². The fraction of sp³-hybridized carbons (Fsp3) is 0.250. The number of rotatable bonds is 5. The highest BCUT2D eigenvalue weighted by Crippen LogP contribution is 2.22. The van der Waals surface area contributed by atoms with Crippen LogP contribution in [0.4, 0.5) is 0 Å². The van der Waals surface area contributed by atoms with Gasteiger partial charge in [-0.05, 0) is 42.8 Å². The molecule has 1 N–H and O–H groups in total. The van der Waals surface area contributed by atoms with Gasteiger partial charge in [-0.3, -0.25) is 0 Å². The summed E-state index contributed by atoms with van der Waals surface area (Å²) in [6.45, 7) is 3.61. The van der Waals surface area contributed by atoms with Crippen molar-refractivity contribution >= 4 is 0 Å². The lowest BCUT2D eigenvalue weighted by Crippen LogP contribution is -2.04. The monoisotopic (exact) mass is 241 g/mol. The third-order valence-corrected chi connectivity index (χ3v) is 2.83. The van der Waals surface area contributed by atoms with E-state index in [0.717, 1.165) is 12.3 Å². The maximum atomic E-state index is 5.44. The molecule has 0 atom stereocenters. The van der Waals surface area contributed by atoms with Crippen molar-refractivity contribution in [2.45, 2.75) is 13.5 Å². The number of hydrogen-bond donors (Lipinski definition) is 1. The van der Waals surface area contributed by atoms with Crippen LogP contribution in [0, 0.1) is 0 Å². The first-order chi connectivity index (χ1) is 8.83. The largest absolute Gasteiger partial charge is 0.494 e. The first kappa shape index (κ1) is 12.7. The zero-order valence-electron chi connectivity index (χ0n) is 10.9. The summed E-state index contributed by atoms with van der Waals surface area (Å²) in [5.41, 5.74) is 3.75. The van der Waals surface area contributed by atoms with Crippen molar-refractivity contribution in [3.05, 3.63) is 54.1 Å². The summed E-state index contributed by atoms with van der Waals surface area (Å²) >= 11 is 0. The maximum absolute atomic E-state index is 5.44. The summed E-state index contributed by atoms with van der Waals surface area (Å²) in [5.74, 6) is 0.924. The predicted molar refractivity (Wildman–Crippen MR) is 75.8 cm³/mol. The molecule has 0 amide bonds. The summed E-state index contributed by atoms with van der Waals surface area (Å²) in [4.78, 5) is 0. The number of benzene rings is 2. The zero-order chi connectivity index (χ0) is 12.8. The van der Waals surface area contributed by atoms with Crippen LogP contribution in [0.2, 0.25) is 0 Å². The quantitative estimate of drug-likeness (QED) is 0.865. The van der Waals surface area contributed by atoms with E-state index in [1.165, 1.54) is 16.7 Å². The molecule has 0 saturated carbocycles. The molecule has 0 bridgehead atoms. The SMILES string of the molecule is CCOc1ccc(-c2ccc(CNC)cc2)cc1. The van der Waals surface area contributed by atoms with Crippen LogP contribution < -0.4 is 10.1 Å². The smallest absolute Gasteiger partial charge is 0.119 e. The van der Waals surface area contributed by atoms with Crippen molar-refractivity contribution in [3.8, 4) is 16.9 Å². The lowest BCUT2D eigenvalue weighted by Gasteiger charge is -2.06. The van der Waals surface area contributed by atoms with Gasteiger partial charge in [0.05, 0.1) is 6.61 Å². The molecule has 0 unspecified atom stereocenters. The second kappa shape index (κ2) is 6.22. The normalized spacial score (nSPS) is 10.3. The third-order valence-electron chi connectivity index (χ3n) is 2.83. The van der Waals surface area contributed by atoms with Crippen molar-refractivity contribution in [1.29, 1.82) is 0 Å². The average Bonchev–Trinajstić information content (AvgIpc) is 2.41. The molecule has 94 valence electrons. The fourth-order valence-electron chi connectivity index (χ4n) is 1.93. The van der Waals surface area contributed by atoms with Crippen LogP contribution in [-0.4, -0.2) is 13.7 Å². The number of nitrogens with one attached hydrogen (secondary N) is 1. The van der Waals surface area contributed by atoms with E-state index in [1.54, 1.807) is 0 Å². The van der Waals surface area contributed by atoms with Gasteiger partial charge in [-0.25, -0.2) is 0 Å². The predicted octanol–water partition coefficient (Wildman–Crippen LogP) is 3.47. The van der Waals surface area contributed by atoms with Gasteiger partial charge in [0.25, 0.3) is 0 Å². The molecule has 2 heteroatoms. The second-order valence-electron chi connectivity index (χ2n) is 4.18. The lowest BCUT2D eigenvalue weighted by atomic mass is 10.0. The van der Waals surface area contributed by atoms with E-state index >= 15 is 0 Å². The molecule has 2 aromatic carbocycles. The van der Waals surface area contributed by atoms with E-state index in [2.05, 4.69) is 41.7 Å². The number of hydrogen-bond acceptors (Lipinski definition) is 2. The van der Waals surface area contributed by atoms with Crippen LogP contribution in [0.15, 0.2) is 48.5 Å². The second-order valence-corrected chi connectivity index (χ2v) is 4.18. The maximum Gasteiger partial charge on any atom is 0.119 e. The van der Waals surface area contributed by atoms with Gasteiger partial charge in [-0.2, -0.15) is 0 Å². The molecule has 0 aliphatic carbocycles. The highest BCUT2D eigenvalue weighted by Gasteiger charge is 1.99. The Hall–Kier alpha value is -1.80. The Bertz CT molecular complexity index is 426. The molecule has 0 aliphatic heterocycles. The molecule has 0 fully saturated rings. The van der Waals surface area contributed by atoms with E-state index in [0.29, 0.717) is 6.61 Å². The Labute approximate surface area is 109 Å². The highest BCUT2D eigenvalue weighted by atomic mass is 16.5.